The molecular weight excluding hydrogens is 204 g/mol. The highest BCUT2D eigenvalue weighted by Gasteiger charge is 2.15. The highest BCUT2D eigenvalue weighted by atomic mass is 32.2. The Hall–Kier alpha value is -0.830. The van der Waals surface area contributed by atoms with Crippen LogP contribution in [0.3, 0.4) is 0 Å². The largest absolute Gasteiger partial charge is 0.399 e. The third kappa shape index (κ3) is 2.81. The highest BCUT2D eigenvalue weighted by Crippen LogP contribution is 2.25. The molecule has 1 saturated heterocycles. The Kier molecular flexibility index (Phi) is 3.41. The molecular formula is C12H18N2S. The lowest BCUT2D eigenvalue weighted by Gasteiger charge is -2.13. The van der Waals surface area contributed by atoms with Crippen molar-refractivity contribution >= 4 is 23.1 Å². The lowest BCUT2D eigenvalue weighted by Crippen LogP contribution is -2.14. The first-order valence-corrected chi connectivity index (χ1v) is 6.59. The van der Waals surface area contributed by atoms with Crippen LogP contribution in [-0.2, 0) is 0 Å². The van der Waals surface area contributed by atoms with Crippen LogP contribution in [0.25, 0.3) is 0 Å². The van der Waals surface area contributed by atoms with Crippen molar-refractivity contribution in [1.82, 2.24) is 0 Å². The number of hydrogen-bond acceptors (Lipinski definition) is 3. The summed E-state index contributed by atoms with van der Waals surface area (Å²) in [5.74, 6) is 3.45. The molecule has 0 saturated carbocycles. The molecule has 3 N–H and O–H groups in total. The van der Waals surface area contributed by atoms with E-state index in [1.165, 1.54) is 29.2 Å². The molecule has 1 aromatic carbocycles. The molecule has 82 valence electrons. The van der Waals surface area contributed by atoms with Gasteiger partial charge in [-0.1, -0.05) is 6.07 Å². The van der Waals surface area contributed by atoms with E-state index in [0.717, 1.165) is 18.2 Å². The van der Waals surface area contributed by atoms with Crippen molar-refractivity contribution in [2.45, 2.75) is 13.3 Å². The first-order chi connectivity index (χ1) is 7.25. The SMILES string of the molecule is Cc1ccc(N)cc1NCC1CCSC1. The zero-order chi connectivity index (χ0) is 10.7. The minimum atomic E-state index is 0.829. The van der Waals surface area contributed by atoms with E-state index >= 15 is 0 Å². The molecule has 0 radical (unpaired) electrons. The molecule has 2 nitrogen and oxygen atoms in total. The predicted octanol–water partition coefficient (Wildman–Crippen LogP) is 2.74. The van der Waals surface area contributed by atoms with Crippen molar-refractivity contribution in [2.24, 2.45) is 5.92 Å². The van der Waals surface area contributed by atoms with Crippen LogP contribution in [-0.4, -0.2) is 18.1 Å². The quantitative estimate of drug-likeness (QED) is 0.772. The van der Waals surface area contributed by atoms with Crippen molar-refractivity contribution in [3.8, 4) is 0 Å². The van der Waals surface area contributed by atoms with E-state index in [1.54, 1.807) is 0 Å². The summed E-state index contributed by atoms with van der Waals surface area (Å²) in [4.78, 5) is 0. The van der Waals surface area contributed by atoms with Crippen molar-refractivity contribution < 1.29 is 0 Å². The second-order valence-electron chi connectivity index (χ2n) is 4.18. The second-order valence-corrected chi connectivity index (χ2v) is 5.33. The summed E-state index contributed by atoms with van der Waals surface area (Å²) in [6, 6.07) is 6.05. The molecule has 0 aliphatic carbocycles. The van der Waals surface area contributed by atoms with Crippen LogP contribution in [0.4, 0.5) is 11.4 Å². The number of thioether (sulfide) groups is 1. The molecule has 0 bridgehead atoms. The zero-order valence-corrected chi connectivity index (χ0v) is 9.94. The molecule has 1 atom stereocenters. The lowest BCUT2D eigenvalue weighted by atomic mass is 10.1. The van der Waals surface area contributed by atoms with E-state index in [2.05, 4.69) is 30.1 Å². The van der Waals surface area contributed by atoms with Crippen molar-refractivity contribution in [3.05, 3.63) is 23.8 Å². The van der Waals surface area contributed by atoms with Crippen molar-refractivity contribution in [2.75, 3.05) is 29.1 Å². The Morgan fingerprint density at radius 1 is 1.53 bits per heavy atom. The first-order valence-electron chi connectivity index (χ1n) is 5.43. The van der Waals surface area contributed by atoms with Gasteiger partial charge in [-0.2, -0.15) is 11.8 Å². The van der Waals surface area contributed by atoms with Gasteiger partial charge >= 0.3 is 0 Å². The van der Waals surface area contributed by atoms with Crippen LogP contribution in [0.1, 0.15) is 12.0 Å². The van der Waals surface area contributed by atoms with Gasteiger partial charge in [-0.05, 0) is 48.5 Å². The number of rotatable bonds is 3. The summed E-state index contributed by atoms with van der Waals surface area (Å²) in [6.07, 6.45) is 1.35. The van der Waals surface area contributed by atoms with E-state index < -0.39 is 0 Å². The third-order valence-electron chi connectivity index (χ3n) is 2.87. The van der Waals surface area contributed by atoms with Gasteiger partial charge in [0.1, 0.15) is 0 Å². The molecule has 1 aliphatic rings. The Morgan fingerprint density at radius 3 is 3.13 bits per heavy atom. The molecule has 0 spiro atoms. The van der Waals surface area contributed by atoms with Crippen LogP contribution < -0.4 is 11.1 Å². The van der Waals surface area contributed by atoms with Gasteiger partial charge in [0.05, 0.1) is 0 Å². The number of nitrogens with two attached hydrogens (primary N) is 1. The summed E-state index contributed by atoms with van der Waals surface area (Å²) in [7, 11) is 0. The molecule has 0 aromatic heterocycles. The summed E-state index contributed by atoms with van der Waals surface area (Å²) < 4.78 is 0. The van der Waals surface area contributed by atoms with E-state index in [4.69, 9.17) is 5.73 Å². The Morgan fingerprint density at radius 2 is 2.40 bits per heavy atom. The maximum atomic E-state index is 5.77. The maximum absolute atomic E-state index is 5.77. The van der Waals surface area contributed by atoms with E-state index in [1.807, 2.05) is 12.1 Å². The monoisotopic (exact) mass is 222 g/mol. The van der Waals surface area contributed by atoms with Crippen LogP contribution in [0, 0.1) is 12.8 Å². The third-order valence-corrected chi connectivity index (χ3v) is 4.10. The smallest absolute Gasteiger partial charge is 0.0390 e. The summed E-state index contributed by atoms with van der Waals surface area (Å²) >= 11 is 2.06. The molecule has 1 fully saturated rings. The van der Waals surface area contributed by atoms with Gasteiger partial charge in [-0.25, -0.2) is 0 Å². The number of anilines is 2. The van der Waals surface area contributed by atoms with Gasteiger partial charge in [-0.3, -0.25) is 0 Å². The molecule has 1 unspecified atom stereocenters. The van der Waals surface area contributed by atoms with Crippen molar-refractivity contribution in [3.63, 3.8) is 0 Å². The Labute approximate surface area is 95.6 Å². The normalized spacial score (nSPS) is 20.5. The van der Waals surface area contributed by atoms with Gasteiger partial charge in [0.15, 0.2) is 0 Å². The zero-order valence-electron chi connectivity index (χ0n) is 9.12. The number of nitrogen functional groups attached to an aromatic ring is 1. The topological polar surface area (TPSA) is 38.0 Å². The van der Waals surface area contributed by atoms with Gasteiger partial charge in [0.25, 0.3) is 0 Å². The standard InChI is InChI=1S/C12H18N2S/c1-9-2-3-11(13)6-12(9)14-7-10-4-5-15-8-10/h2-3,6,10,14H,4-5,7-8,13H2,1H3. The molecule has 1 heterocycles. The van der Waals surface area contributed by atoms with Crippen LogP contribution in [0.5, 0.6) is 0 Å². The lowest BCUT2D eigenvalue weighted by molar-refractivity contribution is 0.631. The average Bonchev–Trinajstić information content (AvgIpc) is 2.72. The molecule has 0 amide bonds. The van der Waals surface area contributed by atoms with Gasteiger partial charge in [0, 0.05) is 17.9 Å². The average molecular weight is 222 g/mol. The number of aryl methyl sites for hydroxylation is 1. The predicted molar refractivity (Wildman–Crippen MR) is 69.5 cm³/mol. The van der Waals surface area contributed by atoms with E-state index in [-0.39, 0.29) is 0 Å². The van der Waals surface area contributed by atoms with Gasteiger partial charge in [0.2, 0.25) is 0 Å². The summed E-state index contributed by atoms with van der Waals surface area (Å²) in [5.41, 5.74) is 9.06. The number of nitrogens with one attached hydrogen (secondary N) is 1. The number of benzene rings is 1. The van der Waals surface area contributed by atoms with Crippen molar-refractivity contribution in [1.29, 1.82) is 0 Å². The fourth-order valence-corrected chi connectivity index (χ4v) is 3.11. The Balaban J connectivity index is 1.94. The maximum Gasteiger partial charge on any atom is 0.0390 e. The molecule has 2 rings (SSSR count). The van der Waals surface area contributed by atoms with Gasteiger partial charge < -0.3 is 11.1 Å². The second kappa shape index (κ2) is 4.79. The molecule has 1 aromatic rings. The number of hydrogen-bond donors (Lipinski definition) is 2. The molecule has 15 heavy (non-hydrogen) atoms. The van der Waals surface area contributed by atoms with E-state index in [9.17, 15) is 0 Å². The fourth-order valence-electron chi connectivity index (χ4n) is 1.83. The van der Waals surface area contributed by atoms with Gasteiger partial charge in [-0.15, -0.1) is 0 Å². The molecule has 3 heteroatoms. The Bertz CT molecular complexity index is 332. The summed E-state index contributed by atoms with van der Waals surface area (Å²) in [6.45, 7) is 3.20. The van der Waals surface area contributed by atoms with Crippen LogP contribution in [0.15, 0.2) is 18.2 Å². The first kappa shape index (κ1) is 10.7. The molecule has 1 aliphatic heterocycles. The van der Waals surface area contributed by atoms with Crippen LogP contribution >= 0.6 is 11.8 Å². The fraction of sp³-hybridized carbons (Fsp3) is 0.500. The highest BCUT2D eigenvalue weighted by molar-refractivity contribution is 7.99. The minimum Gasteiger partial charge on any atom is -0.399 e. The van der Waals surface area contributed by atoms with Crippen LogP contribution in [0.2, 0.25) is 0 Å². The summed E-state index contributed by atoms with van der Waals surface area (Å²) in [5, 5.41) is 3.50. The van der Waals surface area contributed by atoms with E-state index in [0.29, 0.717) is 0 Å². The minimum absolute atomic E-state index is 0.829.